The Morgan fingerprint density at radius 1 is 1.53 bits per heavy atom. The van der Waals surface area contributed by atoms with Crippen molar-refractivity contribution in [3.8, 4) is 11.3 Å². The molecule has 0 bridgehead atoms. The van der Waals surface area contributed by atoms with Crippen LogP contribution in [-0.2, 0) is 0 Å². The molecule has 17 heavy (non-hydrogen) atoms. The Kier molecular flexibility index (Phi) is 2.85. The van der Waals surface area contributed by atoms with Gasteiger partial charge in [-0.3, -0.25) is 0 Å². The fraction of sp³-hybridized carbons (Fsp3) is 0.0909. The molecule has 0 spiro atoms. The van der Waals surface area contributed by atoms with Crippen molar-refractivity contribution in [2.75, 3.05) is 0 Å². The molecule has 1 heterocycles. The third kappa shape index (κ3) is 2.01. The average molecular weight is 256 g/mol. The van der Waals surface area contributed by atoms with E-state index in [9.17, 15) is 9.18 Å². The molecule has 0 amide bonds. The van der Waals surface area contributed by atoms with Gasteiger partial charge in [-0.15, -0.1) is 0 Å². The molecule has 1 aromatic heterocycles. The topological polar surface area (TPSA) is 63.3 Å². The maximum Gasteiger partial charge on any atom is 0.358 e. The Hall–Kier alpha value is -1.88. The standard InChI is InChI=1S/C11H7ClFNO3/c1-5-2-3-6(13)10(12)9(5)8-4-7(11(15)16)14-17-8/h2-4H,1H3,(H,15,16). The Labute approximate surface area is 101 Å². The first-order chi connectivity index (χ1) is 8.00. The molecule has 0 unspecified atom stereocenters. The van der Waals surface area contributed by atoms with Crippen LogP contribution in [-0.4, -0.2) is 16.2 Å². The SMILES string of the molecule is Cc1ccc(F)c(Cl)c1-c1cc(C(=O)O)no1. The Morgan fingerprint density at radius 2 is 2.24 bits per heavy atom. The summed E-state index contributed by atoms with van der Waals surface area (Å²) in [5.41, 5.74) is 0.732. The van der Waals surface area contributed by atoms with Gasteiger partial charge in [-0.25, -0.2) is 9.18 Å². The molecule has 0 aliphatic carbocycles. The van der Waals surface area contributed by atoms with E-state index in [0.29, 0.717) is 11.1 Å². The van der Waals surface area contributed by atoms with Crippen LogP contribution in [0.2, 0.25) is 5.02 Å². The summed E-state index contributed by atoms with van der Waals surface area (Å²) in [6.45, 7) is 1.71. The number of rotatable bonds is 2. The van der Waals surface area contributed by atoms with Crippen molar-refractivity contribution < 1.29 is 18.8 Å². The average Bonchev–Trinajstić information content (AvgIpc) is 2.73. The van der Waals surface area contributed by atoms with Crippen LogP contribution in [0.5, 0.6) is 0 Å². The van der Waals surface area contributed by atoms with E-state index >= 15 is 0 Å². The maximum atomic E-state index is 13.3. The molecule has 0 saturated carbocycles. The molecule has 88 valence electrons. The lowest BCUT2D eigenvalue weighted by atomic mass is 10.1. The van der Waals surface area contributed by atoms with Gasteiger partial charge in [0, 0.05) is 11.6 Å². The molecule has 1 aromatic carbocycles. The highest BCUT2D eigenvalue weighted by Crippen LogP contribution is 2.33. The van der Waals surface area contributed by atoms with Crippen molar-refractivity contribution in [1.29, 1.82) is 0 Å². The lowest BCUT2D eigenvalue weighted by Crippen LogP contribution is -1.94. The molecule has 0 atom stereocenters. The zero-order chi connectivity index (χ0) is 12.6. The monoisotopic (exact) mass is 255 g/mol. The van der Waals surface area contributed by atoms with E-state index in [1.165, 1.54) is 18.2 Å². The highest BCUT2D eigenvalue weighted by atomic mass is 35.5. The first-order valence-corrected chi connectivity index (χ1v) is 5.03. The number of carboxylic acid groups (broad SMARTS) is 1. The second-order valence-corrected chi connectivity index (χ2v) is 3.81. The van der Waals surface area contributed by atoms with Crippen molar-refractivity contribution in [2.45, 2.75) is 6.92 Å². The van der Waals surface area contributed by atoms with E-state index in [0.717, 1.165) is 0 Å². The third-order valence-corrected chi connectivity index (χ3v) is 2.65. The summed E-state index contributed by atoms with van der Waals surface area (Å²) in [7, 11) is 0. The van der Waals surface area contributed by atoms with Gasteiger partial charge in [-0.05, 0) is 18.6 Å². The number of carbonyl (C=O) groups is 1. The number of aromatic carboxylic acids is 1. The zero-order valence-corrected chi connectivity index (χ0v) is 9.45. The minimum atomic E-state index is -1.22. The zero-order valence-electron chi connectivity index (χ0n) is 8.70. The lowest BCUT2D eigenvalue weighted by molar-refractivity contribution is 0.0686. The second kappa shape index (κ2) is 4.18. The predicted octanol–water partition coefficient (Wildman–Crippen LogP) is 3.14. The van der Waals surface area contributed by atoms with E-state index in [1.807, 2.05) is 0 Å². The van der Waals surface area contributed by atoms with Crippen LogP contribution >= 0.6 is 11.6 Å². The summed E-state index contributed by atoms with van der Waals surface area (Å²) in [6, 6.07) is 3.96. The first kappa shape index (κ1) is 11.6. The maximum absolute atomic E-state index is 13.3. The van der Waals surface area contributed by atoms with Crippen LogP contribution in [0, 0.1) is 12.7 Å². The molecule has 1 N–H and O–H groups in total. The quantitative estimate of drug-likeness (QED) is 0.895. The highest BCUT2D eigenvalue weighted by molar-refractivity contribution is 6.33. The molecule has 0 aliphatic heterocycles. The molecule has 0 saturated heterocycles. The van der Waals surface area contributed by atoms with Gasteiger partial charge in [0.1, 0.15) is 5.82 Å². The van der Waals surface area contributed by atoms with E-state index in [2.05, 4.69) is 5.16 Å². The first-order valence-electron chi connectivity index (χ1n) is 4.65. The minimum Gasteiger partial charge on any atom is -0.476 e. The smallest absolute Gasteiger partial charge is 0.358 e. The van der Waals surface area contributed by atoms with Gasteiger partial charge in [0.2, 0.25) is 0 Å². The van der Waals surface area contributed by atoms with E-state index in [1.54, 1.807) is 6.92 Å². The number of carboxylic acids is 1. The van der Waals surface area contributed by atoms with Gasteiger partial charge in [0.05, 0.1) is 5.02 Å². The molecular weight excluding hydrogens is 249 g/mol. The van der Waals surface area contributed by atoms with Crippen molar-refractivity contribution in [3.63, 3.8) is 0 Å². The largest absolute Gasteiger partial charge is 0.476 e. The number of halogens is 2. The van der Waals surface area contributed by atoms with Gasteiger partial charge >= 0.3 is 5.97 Å². The van der Waals surface area contributed by atoms with E-state index in [4.69, 9.17) is 21.2 Å². The minimum absolute atomic E-state index is 0.113. The number of aromatic nitrogens is 1. The molecule has 0 aliphatic rings. The molecule has 2 rings (SSSR count). The van der Waals surface area contributed by atoms with Gasteiger partial charge in [-0.2, -0.15) is 0 Å². The molecule has 4 nitrogen and oxygen atoms in total. The predicted molar refractivity (Wildman–Crippen MR) is 58.6 cm³/mol. The third-order valence-electron chi connectivity index (χ3n) is 2.28. The summed E-state index contributed by atoms with van der Waals surface area (Å²) >= 11 is 5.81. The summed E-state index contributed by atoms with van der Waals surface area (Å²) in [4.78, 5) is 10.7. The fourth-order valence-electron chi connectivity index (χ4n) is 1.44. The number of hydrogen-bond donors (Lipinski definition) is 1. The van der Waals surface area contributed by atoms with Gasteiger partial charge < -0.3 is 9.63 Å². The lowest BCUT2D eigenvalue weighted by Gasteiger charge is -2.04. The van der Waals surface area contributed by atoms with Gasteiger partial charge in [-0.1, -0.05) is 22.8 Å². The van der Waals surface area contributed by atoms with Crippen molar-refractivity contribution in [1.82, 2.24) is 5.16 Å². The Morgan fingerprint density at radius 3 is 2.82 bits per heavy atom. The number of benzene rings is 1. The Balaban J connectivity index is 2.60. The summed E-state index contributed by atoms with van der Waals surface area (Å²) < 4.78 is 18.1. The van der Waals surface area contributed by atoms with Gasteiger partial charge in [0.15, 0.2) is 11.5 Å². The van der Waals surface area contributed by atoms with Crippen LogP contribution in [0.25, 0.3) is 11.3 Å². The van der Waals surface area contributed by atoms with Crippen molar-refractivity contribution >= 4 is 17.6 Å². The van der Waals surface area contributed by atoms with E-state index < -0.39 is 11.8 Å². The summed E-state index contributed by atoms with van der Waals surface area (Å²) in [5, 5.41) is 11.9. The summed E-state index contributed by atoms with van der Waals surface area (Å²) in [6.07, 6.45) is 0. The van der Waals surface area contributed by atoms with E-state index in [-0.39, 0.29) is 16.5 Å². The Bertz CT molecular complexity index is 594. The number of aryl methyl sites for hydroxylation is 1. The molecular formula is C11H7ClFNO3. The molecule has 0 fully saturated rings. The van der Waals surface area contributed by atoms with Crippen LogP contribution in [0.3, 0.4) is 0 Å². The second-order valence-electron chi connectivity index (χ2n) is 3.43. The number of nitrogens with zero attached hydrogens (tertiary/aromatic N) is 1. The molecule has 0 radical (unpaired) electrons. The van der Waals surface area contributed by atoms with Crippen molar-refractivity contribution in [2.24, 2.45) is 0 Å². The molecule has 6 heteroatoms. The van der Waals surface area contributed by atoms with Crippen LogP contribution in [0.15, 0.2) is 22.7 Å². The molecule has 2 aromatic rings. The van der Waals surface area contributed by atoms with Crippen molar-refractivity contribution in [3.05, 3.63) is 40.3 Å². The highest BCUT2D eigenvalue weighted by Gasteiger charge is 2.18. The normalized spacial score (nSPS) is 10.5. The van der Waals surface area contributed by atoms with Gasteiger partial charge in [0.25, 0.3) is 0 Å². The fourth-order valence-corrected chi connectivity index (χ4v) is 1.75. The summed E-state index contributed by atoms with van der Waals surface area (Å²) in [5.74, 6) is -1.69. The van der Waals surface area contributed by atoms with Crippen LogP contribution < -0.4 is 0 Å². The van der Waals surface area contributed by atoms with Crippen LogP contribution in [0.1, 0.15) is 16.1 Å². The van der Waals surface area contributed by atoms with Crippen LogP contribution in [0.4, 0.5) is 4.39 Å². The number of hydrogen-bond acceptors (Lipinski definition) is 3.